The Morgan fingerprint density at radius 3 is 2.38 bits per heavy atom. The topological polar surface area (TPSA) is 95.5 Å². The standard InChI is InChI=1S/C40H65NO7/c1-23(2)32(48-35(43)25-11-17-44-18-12-25)26-20-24(3)31-33(46-26)34(42)38(7)28-9-8-27-36(4,5)29(47-30-21-41-16-19-45-30)10-13-39(27)22-40(28,39)15-14-37(31,38)6/h23-34,41-42H,8-22H2,1-7H3/t24-,26?,27+,28?,29?,30+,31+,32-,33?,34+,37-,38-,39-,40+/m1/s1. The molecule has 3 saturated heterocycles. The van der Waals surface area contributed by atoms with E-state index in [0.717, 1.165) is 45.4 Å². The summed E-state index contributed by atoms with van der Waals surface area (Å²) >= 11 is 0. The largest absolute Gasteiger partial charge is 0.459 e. The summed E-state index contributed by atoms with van der Waals surface area (Å²) in [6, 6.07) is 0. The van der Waals surface area contributed by atoms with E-state index in [0.29, 0.717) is 47.7 Å². The number of esters is 1. The Kier molecular flexibility index (Phi) is 8.49. The lowest BCUT2D eigenvalue weighted by Crippen LogP contribution is -2.60. The molecule has 0 aromatic heterocycles. The molecule has 2 spiro atoms. The third kappa shape index (κ3) is 4.70. The zero-order valence-corrected chi connectivity index (χ0v) is 30.9. The van der Waals surface area contributed by atoms with Crippen LogP contribution in [-0.4, -0.2) is 80.8 Å². The lowest BCUT2D eigenvalue weighted by Gasteiger charge is -2.63. The molecule has 0 aromatic rings. The molecule has 8 heteroatoms. The van der Waals surface area contributed by atoms with E-state index >= 15 is 0 Å². The van der Waals surface area contributed by atoms with Crippen LogP contribution in [-0.2, 0) is 28.5 Å². The molecule has 8 rings (SSSR count). The molecule has 0 amide bonds. The minimum absolute atomic E-state index is 0.0151. The van der Waals surface area contributed by atoms with Crippen molar-refractivity contribution in [2.75, 3.05) is 32.9 Å². The number of rotatable bonds is 6. The molecule has 0 bridgehead atoms. The molecule has 4 unspecified atom stereocenters. The molecular weight excluding hydrogens is 606 g/mol. The molecule has 48 heavy (non-hydrogen) atoms. The van der Waals surface area contributed by atoms with Gasteiger partial charge in [-0.05, 0) is 115 Å². The average molecular weight is 672 g/mol. The van der Waals surface area contributed by atoms with Crippen LogP contribution in [0.25, 0.3) is 0 Å². The number of fused-ring (bicyclic) bond motifs is 4. The van der Waals surface area contributed by atoms with Crippen LogP contribution in [0, 0.1) is 62.6 Å². The highest BCUT2D eigenvalue weighted by Gasteiger charge is 2.84. The first-order valence-corrected chi connectivity index (χ1v) is 19.9. The number of hydrogen-bond acceptors (Lipinski definition) is 8. The first-order valence-electron chi connectivity index (χ1n) is 19.9. The van der Waals surface area contributed by atoms with E-state index < -0.39 is 6.10 Å². The van der Waals surface area contributed by atoms with E-state index in [-0.39, 0.29) is 64.8 Å². The van der Waals surface area contributed by atoms with Crippen LogP contribution in [0.4, 0.5) is 0 Å². The number of carbonyl (C=O) groups excluding carboxylic acids is 1. The van der Waals surface area contributed by atoms with E-state index in [1.54, 1.807) is 0 Å². The Balaban J connectivity index is 1.03. The Morgan fingerprint density at radius 1 is 0.938 bits per heavy atom. The maximum atomic E-state index is 13.3. The molecule has 8 nitrogen and oxygen atoms in total. The fourth-order valence-electron chi connectivity index (χ4n) is 14.4. The van der Waals surface area contributed by atoms with Gasteiger partial charge in [0, 0.05) is 31.7 Å². The maximum absolute atomic E-state index is 13.3. The zero-order chi connectivity index (χ0) is 33.9. The zero-order valence-electron chi connectivity index (χ0n) is 30.9. The quantitative estimate of drug-likeness (QED) is 0.326. The Bertz CT molecular complexity index is 1230. The lowest BCUT2D eigenvalue weighted by molar-refractivity contribution is -0.237. The van der Waals surface area contributed by atoms with Crippen molar-refractivity contribution in [3.8, 4) is 0 Å². The first-order chi connectivity index (χ1) is 22.8. The molecule has 272 valence electrons. The van der Waals surface area contributed by atoms with Crippen LogP contribution in [0.1, 0.15) is 113 Å². The van der Waals surface area contributed by atoms with Gasteiger partial charge in [-0.25, -0.2) is 0 Å². The summed E-state index contributed by atoms with van der Waals surface area (Å²) in [5.41, 5.74) is 0.575. The molecule has 5 saturated carbocycles. The van der Waals surface area contributed by atoms with Gasteiger partial charge in [-0.2, -0.15) is 0 Å². The van der Waals surface area contributed by atoms with Crippen molar-refractivity contribution in [3.05, 3.63) is 0 Å². The average Bonchev–Trinajstić information content (AvgIpc) is 3.70. The fraction of sp³-hybridized carbons (Fsp3) is 0.975. The van der Waals surface area contributed by atoms with Crippen LogP contribution < -0.4 is 5.32 Å². The van der Waals surface area contributed by atoms with Gasteiger partial charge in [-0.15, -0.1) is 0 Å². The molecule has 8 aliphatic rings. The Morgan fingerprint density at radius 2 is 1.67 bits per heavy atom. The summed E-state index contributed by atoms with van der Waals surface area (Å²) in [6.07, 6.45) is 9.69. The van der Waals surface area contributed by atoms with Crippen LogP contribution in [0.5, 0.6) is 0 Å². The molecule has 5 aliphatic carbocycles. The molecule has 3 heterocycles. The Hall–Kier alpha value is -0.770. The van der Waals surface area contributed by atoms with E-state index in [1.807, 2.05) is 0 Å². The second-order valence-electron chi connectivity index (χ2n) is 19.2. The summed E-state index contributed by atoms with van der Waals surface area (Å²) < 4.78 is 31.6. The van der Waals surface area contributed by atoms with Crippen LogP contribution in [0.3, 0.4) is 0 Å². The third-order valence-electron chi connectivity index (χ3n) is 16.8. The smallest absolute Gasteiger partial charge is 0.309 e. The van der Waals surface area contributed by atoms with Crippen molar-refractivity contribution in [3.63, 3.8) is 0 Å². The summed E-state index contributed by atoms with van der Waals surface area (Å²) in [4.78, 5) is 13.3. The summed E-state index contributed by atoms with van der Waals surface area (Å²) in [5, 5.41) is 16.1. The van der Waals surface area contributed by atoms with Crippen molar-refractivity contribution in [1.29, 1.82) is 0 Å². The SMILES string of the molecule is CC(C)[C@@H](OC(=O)C1CCOCC1)C1C[C@@H](C)[C@H]2C(O1)[C@H](O)[C@@]1(C)C3CC[C@H]4C(C)(C)C(O[C@H]5CNCCO5)CC[C@@]45C[C@@]35CC[C@]21C. The van der Waals surface area contributed by atoms with Crippen molar-refractivity contribution in [2.24, 2.45) is 62.6 Å². The van der Waals surface area contributed by atoms with Gasteiger partial charge in [0.1, 0.15) is 6.10 Å². The minimum Gasteiger partial charge on any atom is -0.459 e. The van der Waals surface area contributed by atoms with Gasteiger partial charge in [0.05, 0.1) is 36.9 Å². The monoisotopic (exact) mass is 671 g/mol. The molecule has 0 aromatic carbocycles. The fourth-order valence-corrected chi connectivity index (χ4v) is 14.4. The summed E-state index contributed by atoms with van der Waals surface area (Å²) in [6.45, 7) is 20.3. The highest BCUT2D eigenvalue weighted by Crippen LogP contribution is 2.89. The van der Waals surface area contributed by atoms with Gasteiger partial charge in [0.25, 0.3) is 0 Å². The third-order valence-corrected chi connectivity index (χ3v) is 16.8. The molecule has 3 aliphatic heterocycles. The molecule has 8 fully saturated rings. The second-order valence-corrected chi connectivity index (χ2v) is 19.2. The first kappa shape index (κ1) is 34.3. The normalized spacial score (nSPS) is 51.9. The highest BCUT2D eigenvalue weighted by atomic mass is 16.7. The number of carbonyl (C=O) groups is 1. The van der Waals surface area contributed by atoms with Gasteiger partial charge in [-0.1, -0.05) is 48.5 Å². The number of morpholine rings is 1. The van der Waals surface area contributed by atoms with E-state index in [2.05, 4.69) is 53.8 Å². The van der Waals surface area contributed by atoms with E-state index in [9.17, 15) is 9.90 Å². The van der Waals surface area contributed by atoms with Crippen LogP contribution >= 0.6 is 0 Å². The number of aliphatic hydroxyl groups excluding tert-OH is 1. The lowest BCUT2D eigenvalue weighted by atomic mass is 9.41. The van der Waals surface area contributed by atoms with Crippen molar-refractivity contribution < 1.29 is 33.6 Å². The van der Waals surface area contributed by atoms with Crippen molar-refractivity contribution >= 4 is 5.97 Å². The van der Waals surface area contributed by atoms with Crippen LogP contribution in [0.15, 0.2) is 0 Å². The maximum Gasteiger partial charge on any atom is 0.309 e. The summed E-state index contributed by atoms with van der Waals surface area (Å²) in [7, 11) is 0. The number of hydrogen-bond donors (Lipinski definition) is 2. The number of aliphatic hydroxyl groups is 1. The summed E-state index contributed by atoms with van der Waals surface area (Å²) in [5.74, 6) is 1.79. The van der Waals surface area contributed by atoms with Crippen molar-refractivity contribution in [1.82, 2.24) is 5.32 Å². The number of nitrogens with one attached hydrogen (secondary N) is 1. The van der Waals surface area contributed by atoms with Gasteiger partial charge in [0.15, 0.2) is 6.29 Å². The second kappa shape index (κ2) is 11.9. The van der Waals surface area contributed by atoms with E-state index in [1.165, 1.54) is 38.5 Å². The number of ether oxygens (including phenoxy) is 5. The predicted molar refractivity (Wildman–Crippen MR) is 182 cm³/mol. The van der Waals surface area contributed by atoms with Crippen molar-refractivity contribution in [2.45, 2.75) is 149 Å². The highest BCUT2D eigenvalue weighted by molar-refractivity contribution is 5.72. The Labute approximate surface area is 289 Å². The molecule has 14 atom stereocenters. The molecule has 0 radical (unpaired) electrons. The van der Waals surface area contributed by atoms with Gasteiger partial charge < -0.3 is 34.1 Å². The molecule has 2 N–H and O–H groups in total. The van der Waals surface area contributed by atoms with Gasteiger partial charge in [-0.3, -0.25) is 4.79 Å². The van der Waals surface area contributed by atoms with E-state index in [4.69, 9.17) is 23.7 Å². The van der Waals surface area contributed by atoms with Crippen LogP contribution in [0.2, 0.25) is 0 Å². The minimum atomic E-state index is -0.517. The molecular formula is C40H65NO7. The van der Waals surface area contributed by atoms with Gasteiger partial charge in [0.2, 0.25) is 0 Å². The van der Waals surface area contributed by atoms with Gasteiger partial charge >= 0.3 is 5.97 Å². The predicted octanol–water partition coefficient (Wildman–Crippen LogP) is 6.13.